The van der Waals surface area contributed by atoms with Gasteiger partial charge in [-0.3, -0.25) is 0 Å². The normalized spacial score (nSPS) is 16.9. The van der Waals surface area contributed by atoms with E-state index in [1.807, 2.05) is 48.5 Å². The van der Waals surface area contributed by atoms with Gasteiger partial charge in [-0.05, 0) is 73.9 Å². The molecule has 0 saturated heterocycles. The van der Waals surface area contributed by atoms with E-state index in [4.69, 9.17) is 9.72 Å². The van der Waals surface area contributed by atoms with Crippen LogP contribution in [0.4, 0.5) is 43.8 Å². The molecule has 1 heterocycles. The van der Waals surface area contributed by atoms with Gasteiger partial charge >= 0.3 is 12.4 Å². The van der Waals surface area contributed by atoms with Gasteiger partial charge in [0.05, 0.1) is 12.6 Å². The molecular formula is C33H35F6N5O5S. The summed E-state index contributed by atoms with van der Waals surface area (Å²) in [5, 5.41) is 7.50. The van der Waals surface area contributed by atoms with Gasteiger partial charge in [0.25, 0.3) is 0 Å². The minimum absolute atomic E-state index is 0.0259. The van der Waals surface area contributed by atoms with Crippen molar-refractivity contribution in [3.05, 3.63) is 66.7 Å². The van der Waals surface area contributed by atoms with Crippen LogP contribution in [0.3, 0.4) is 0 Å². The van der Waals surface area contributed by atoms with Crippen LogP contribution in [0.1, 0.15) is 25.7 Å². The molecule has 4 aromatic rings. The number of aromatic nitrogens is 2. The maximum absolute atomic E-state index is 13.2. The summed E-state index contributed by atoms with van der Waals surface area (Å²) in [6.07, 6.45) is -6.67. The molecule has 1 aliphatic carbocycles. The van der Waals surface area contributed by atoms with Crippen molar-refractivity contribution in [1.82, 2.24) is 14.7 Å². The van der Waals surface area contributed by atoms with Crippen LogP contribution in [0.15, 0.2) is 71.6 Å². The lowest BCUT2D eigenvalue weighted by atomic mass is 9.82. The molecule has 1 fully saturated rings. The molecule has 3 aromatic carbocycles. The molecule has 10 nitrogen and oxygen atoms in total. The fourth-order valence-corrected chi connectivity index (χ4v) is 6.78. The van der Waals surface area contributed by atoms with E-state index in [0.29, 0.717) is 36.9 Å². The van der Waals surface area contributed by atoms with Gasteiger partial charge in [-0.25, -0.2) is 18.1 Å². The summed E-state index contributed by atoms with van der Waals surface area (Å²) in [6.45, 7) is -2.96. The van der Waals surface area contributed by atoms with Crippen molar-refractivity contribution >= 4 is 38.4 Å². The van der Waals surface area contributed by atoms with E-state index < -0.39 is 52.0 Å². The summed E-state index contributed by atoms with van der Waals surface area (Å²) in [4.78, 5) is 8.62. The van der Waals surface area contributed by atoms with Crippen LogP contribution in [0.2, 0.25) is 0 Å². The molecule has 5 rings (SSSR count). The minimum Gasteiger partial charge on any atom is -0.497 e. The molecule has 0 amide bonds. The van der Waals surface area contributed by atoms with Crippen molar-refractivity contribution in [2.45, 2.75) is 42.9 Å². The number of rotatable bonds is 14. The second-order valence-corrected chi connectivity index (χ2v) is 13.5. The predicted octanol–water partition coefficient (Wildman–Crippen LogP) is 7.46. The Bertz CT molecular complexity index is 1870. The highest BCUT2D eigenvalue weighted by molar-refractivity contribution is 7.89. The van der Waals surface area contributed by atoms with E-state index in [9.17, 15) is 34.8 Å². The first-order valence-electron chi connectivity index (χ1n) is 15.6. The molecular weight excluding hydrogens is 692 g/mol. The van der Waals surface area contributed by atoms with Crippen molar-refractivity contribution in [1.29, 1.82) is 0 Å². The molecule has 0 radical (unpaired) electrons. The molecule has 0 unspecified atom stereocenters. The number of halogens is 6. The summed E-state index contributed by atoms with van der Waals surface area (Å²) >= 11 is 0. The van der Waals surface area contributed by atoms with Gasteiger partial charge in [-0.2, -0.15) is 31.3 Å². The zero-order valence-corrected chi connectivity index (χ0v) is 27.6. The third-order valence-electron chi connectivity index (χ3n) is 8.01. The molecule has 270 valence electrons. The number of hydrogen-bond acceptors (Lipinski definition) is 9. The number of nitrogens with zero attached hydrogens (tertiary/aromatic N) is 2. The van der Waals surface area contributed by atoms with Crippen molar-refractivity contribution < 1.29 is 49.0 Å². The summed E-state index contributed by atoms with van der Waals surface area (Å²) < 4.78 is 120. The number of sulfonamides is 1. The largest absolute Gasteiger partial charge is 0.497 e. The minimum atomic E-state index is -4.77. The number of nitrogens with one attached hydrogen (secondary N) is 3. The number of fused-ring (bicyclic) bond motifs is 1. The lowest BCUT2D eigenvalue weighted by Gasteiger charge is -2.29. The molecule has 50 heavy (non-hydrogen) atoms. The van der Waals surface area contributed by atoms with E-state index in [0.717, 1.165) is 47.6 Å². The molecule has 0 spiro atoms. The monoisotopic (exact) mass is 727 g/mol. The van der Waals surface area contributed by atoms with Crippen LogP contribution in [-0.4, -0.2) is 64.2 Å². The van der Waals surface area contributed by atoms with Crippen molar-refractivity contribution in [3.63, 3.8) is 0 Å². The highest BCUT2D eigenvalue weighted by atomic mass is 32.2. The lowest BCUT2D eigenvalue weighted by Crippen LogP contribution is -2.33. The van der Waals surface area contributed by atoms with E-state index in [1.165, 1.54) is 0 Å². The van der Waals surface area contributed by atoms with Gasteiger partial charge < -0.3 is 24.8 Å². The summed E-state index contributed by atoms with van der Waals surface area (Å²) in [7, 11) is -2.90. The van der Waals surface area contributed by atoms with Gasteiger partial charge in [0.2, 0.25) is 16.0 Å². The van der Waals surface area contributed by atoms with Crippen molar-refractivity contribution in [2.75, 3.05) is 44.0 Å². The topological polar surface area (TPSA) is 124 Å². The Labute approximate surface area is 284 Å². The Kier molecular flexibility index (Phi) is 11.5. The molecule has 3 N–H and O–H groups in total. The Morgan fingerprint density at radius 3 is 2.16 bits per heavy atom. The molecule has 0 bridgehead atoms. The molecule has 0 aliphatic heterocycles. The van der Waals surface area contributed by atoms with Gasteiger partial charge in [0, 0.05) is 36.3 Å². The molecule has 17 heteroatoms. The Morgan fingerprint density at radius 1 is 0.780 bits per heavy atom. The quantitative estimate of drug-likeness (QED) is 0.114. The Balaban J connectivity index is 1.18. The number of anilines is 3. The number of hydrogen-bond donors (Lipinski definition) is 3. The van der Waals surface area contributed by atoms with Crippen LogP contribution in [-0.2, 0) is 10.0 Å². The van der Waals surface area contributed by atoms with Crippen LogP contribution < -0.4 is 29.6 Å². The summed E-state index contributed by atoms with van der Waals surface area (Å²) in [6, 6.07) is 17.5. The SMILES string of the molecule is COc1cccc(Nc2nc(NCC3CCC(CNS(=O)(=O)c4cc(OCC(F)(F)F)ccc4OCC(F)(F)F)CC3)nc3ccccc23)c1. The second kappa shape index (κ2) is 15.6. The maximum atomic E-state index is 13.2. The first kappa shape index (κ1) is 36.8. The third kappa shape index (κ3) is 10.5. The molecule has 0 atom stereocenters. The average Bonchev–Trinajstić information content (AvgIpc) is 3.08. The molecule has 1 aromatic heterocycles. The zero-order valence-electron chi connectivity index (χ0n) is 26.8. The predicted molar refractivity (Wildman–Crippen MR) is 174 cm³/mol. The maximum Gasteiger partial charge on any atom is 0.422 e. The number of para-hydroxylation sites is 1. The van der Waals surface area contributed by atoms with Gasteiger partial charge in [-0.1, -0.05) is 18.2 Å². The summed E-state index contributed by atoms with van der Waals surface area (Å²) in [5.74, 6) is 0.743. The van der Waals surface area contributed by atoms with Crippen molar-refractivity contribution in [3.8, 4) is 17.2 Å². The first-order valence-corrected chi connectivity index (χ1v) is 17.1. The average molecular weight is 728 g/mol. The van der Waals surface area contributed by atoms with Gasteiger partial charge in [-0.15, -0.1) is 0 Å². The molecule has 1 aliphatic rings. The van der Waals surface area contributed by atoms with Crippen LogP contribution in [0.25, 0.3) is 10.9 Å². The van der Waals surface area contributed by atoms with E-state index in [-0.39, 0.29) is 18.4 Å². The van der Waals surface area contributed by atoms with Gasteiger partial charge in [0.1, 0.15) is 28.0 Å². The van der Waals surface area contributed by atoms with Gasteiger partial charge in [0.15, 0.2) is 13.2 Å². The van der Waals surface area contributed by atoms with E-state index in [2.05, 4.69) is 29.8 Å². The first-order chi connectivity index (χ1) is 23.7. The fraction of sp³-hybridized carbons (Fsp3) is 0.394. The number of alkyl halides is 6. The van der Waals surface area contributed by atoms with Crippen LogP contribution in [0, 0.1) is 11.8 Å². The standard InChI is InChI=1S/C33H35F6N5O5S/c1-47-24-6-4-5-23(15-24)42-30-26-7-2-3-8-27(26)43-31(44-30)40-17-21-9-11-22(12-10-21)18-41-50(45,46)29-16-25(48-19-32(34,35)36)13-14-28(29)49-20-33(37,38)39/h2-8,13-16,21-22,41H,9-12,17-20H2,1H3,(H2,40,42,43,44). The smallest absolute Gasteiger partial charge is 0.422 e. The second-order valence-electron chi connectivity index (χ2n) is 11.8. The highest BCUT2D eigenvalue weighted by Crippen LogP contribution is 2.33. The van der Waals surface area contributed by atoms with Crippen molar-refractivity contribution in [2.24, 2.45) is 11.8 Å². The van der Waals surface area contributed by atoms with E-state index in [1.54, 1.807) is 7.11 Å². The Morgan fingerprint density at radius 2 is 1.46 bits per heavy atom. The highest BCUT2D eigenvalue weighted by Gasteiger charge is 2.32. The van der Waals surface area contributed by atoms with Crippen LogP contribution in [0.5, 0.6) is 17.2 Å². The summed E-state index contributed by atoms with van der Waals surface area (Å²) in [5.41, 5.74) is 1.54. The third-order valence-corrected chi connectivity index (χ3v) is 9.46. The fourth-order valence-electron chi connectivity index (χ4n) is 5.50. The molecule has 1 saturated carbocycles. The zero-order chi connectivity index (χ0) is 35.9. The number of benzene rings is 3. The lowest BCUT2D eigenvalue weighted by molar-refractivity contribution is -0.154. The number of methoxy groups -OCH3 is 1. The van der Waals surface area contributed by atoms with E-state index >= 15 is 0 Å². The van der Waals surface area contributed by atoms with Crippen LogP contribution >= 0.6 is 0 Å². The number of ether oxygens (including phenoxy) is 3. The Hall–Kier alpha value is -4.51.